The molecule has 1 aromatic heterocycles. The first kappa shape index (κ1) is 22.9. The highest BCUT2D eigenvalue weighted by Gasteiger charge is 2.17. The van der Waals surface area contributed by atoms with Crippen molar-refractivity contribution in [3.05, 3.63) is 70.9 Å². The van der Waals surface area contributed by atoms with Crippen LogP contribution in [0, 0.1) is 0 Å². The number of carbonyl (C=O) groups is 1. The van der Waals surface area contributed by atoms with E-state index in [2.05, 4.69) is 16.4 Å². The van der Waals surface area contributed by atoms with Gasteiger partial charge in [-0.2, -0.15) is 0 Å². The molecule has 1 aliphatic carbocycles. The molecule has 0 saturated heterocycles. The van der Waals surface area contributed by atoms with Crippen LogP contribution in [0.5, 0.6) is 17.4 Å². The average Bonchev–Trinajstić information content (AvgIpc) is 2.86. The van der Waals surface area contributed by atoms with Crippen LogP contribution in [-0.2, 0) is 4.74 Å². The Balaban J connectivity index is 1.45. The zero-order valence-corrected chi connectivity index (χ0v) is 19.5. The number of hydrogen-bond acceptors (Lipinski definition) is 6. The second-order valence-electron chi connectivity index (χ2n) is 8.04. The van der Waals surface area contributed by atoms with Crippen LogP contribution in [0.25, 0.3) is 0 Å². The third-order valence-electron chi connectivity index (χ3n) is 5.89. The van der Waals surface area contributed by atoms with Crippen molar-refractivity contribution < 1.29 is 19.0 Å². The van der Waals surface area contributed by atoms with Gasteiger partial charge in [-0.3, -0.25) is 0 Å². The zero-order valence-electron chi connectivity index (χ0n) is 18.8. The van der Waals surface area contributed by atoms with Gasteiger partial charge in [-0.05, 0) is 60.7 Å². The van der Waals surface area contributed by atoms with Crippen molar-refractivity contribution in [3.63, 3.8) is 0 Å². The molecule has 33 heavy (non-hydrogen) atoms. The summed E-state index contributed by atoms with van der Waals surface area (Å²) in [6.45, 7) is 0. The topological polar surface area (TPSA) is 69.7 Å². The highest BCUT2D eigenvalue weighted by Crippen LogP contribution is 2.37. The van der Waals surface area contributed by atoms with Gasteiger partial charge in [0.1, 0.15) is 11.5 Å². The van der Waals surface area contributed by atoms with Crippen LogP contribution < -0.4 is 14.8 Å². The second kappa shape index (κ2) is 10.6. The molecule has 0 radical (unpaired) electrons. The van der Waals surface area contributed by atoms with Crippen molar-refractivity contribution in [2.24, 2.45) is 0 Å². The van der Waals surface area contributed by atoms with Gasteiger partial charge in [-0.15, -0.1) is 0 Å². The number of nitrogens with one attached hydrogen (secondary N) is 1. The average molecular weight is 467 g/mol. The summed E-state index contributed by atoms with van der Waals surface area (Å²) in [7, 11) is 2.88. The van der Waals surface area contributed by atoms with Crippen LogP contribution in [0.1, 0.15) is 53.9 Å². The zero-order chi connectivity index (χ0) is 23.2. The molecule has 1 fully saturated rings. The summed E-state index contributed by atoms with van der Waals surface area (Å²) in [5.41, 5.74) is 2.92. The van der Waals surface area contributed by atoms with E-state index in [4.69, 9.17) is 25.8 Å². The molecule has 2 aromatic carbocycles. The largest absolute Gasteiger partial charge is 0.497 e. The molecule has 1 saturated carbocycles. The normalized spacial score (nSPS) is 13.9. The number of halogens is 1. The van der Waals surface area contributed by atoms with Crippen LogP contribution in [0.2, 0.25) is 5.02 Å². The van der Waals surface area contributed by atoms with Crippen LogP contribution in [0.3, 0.4) is 0 Å². The van der Waals surface area contributed by atoms with Gasteiger partial charge in [0, 0.05) is 6.07 Å². The molecule has 3 aromatic rings. The molecule has 0 amide bonds. The molecule has 0 bridgehead atoms. The Morgan fingerprint density at radius 2 is 1.85 bits per heavy atom. The highest BCUT2D eigenvalue weighted by atomic mass is 35.5. The van der Waals surface area contributed by atoms with Gasteiger partial charge in [0.15, 0.2) is 0 Å². The monoisotopic (exact) mass is 466 g/mol. The molecule has 4 rings (SSSR count). The van der Waals surface area contributed by atoms with Gasteiger partial charge < -0.3 is 19.5 Å². The fourth-order valence-electron chi connectivity index (χ4n) is 4.11. The Bertz CT molecular complexity index is 1110. The number of anilines is 2. The van der Waals surface area contributed by atoms with Crippen LogP contribution in [0.15, 0.2) is 54.7 Å². The number of benzene rings is 2. The molecule has 0 atom stereocenters. The van der Waals surface area contributed by atoms with Crippen LogP contribution in [-0.4, -0.2) is 25.2 Å². The summed E-state index contributed by atoms with van der Waals surface area (Å²) < 4.78 is 16.0. The molecule has 172 valence electrons. The van der Waals surface area contributed by atoms with E-state index in [1.807, 2.05) is 18.2 Å². The van der Waals surface area contributed by atoms with E-state index in [-0.39, 0.29) is 0 Å². The molecule has 1 aliphatic rings. The minimum atomic E-state index is -0.462. The lowest BCUT2D eigenvalue weighted by atomic mass is 9.84. The molecule has 0 aliphatic heterocycles. The fourth-order valence-corrected chi connectivity index (χ4v) is 4.34. The maximum absolute atomic E-state index is 12.1. The predicted octanol–water partition coefficient (Wildman–Crippen LogP) is 7.11. The van der Waals surface area contributed by atoms with Gasteiger partial charge in [0.25, 0.3) is 0 Å². The minimum absolute atomic E-state index is 0.363. The lowest BCUT2D eigenvalue weighted by Gasteiger charge is -2.22. The van der Waals surface area contributed by atoms with E-state index in [0.29, 0.717) is 45.3 Å². The standard InChI is InChI=1S/C26H27ClN2O4/c1-31-20-10-11-23(21(15-20)26(30)32-2)29-19-9-13-25(28-16-19)33-24-12-8-18(14-22(24)27)17-6-4-3-5-7-17/h8-17,29H,3-7H2,1-2H3. The van der Waals surface area contributed by atoms with Crippen LogP contribution >= 0.6 is 11.6 Å². The van der Waals surface area contributed by atoms with Crippen molar-refractivity contribution >= 4 is 28.9 Å². The molecule has 1 N–H and O–H groups in total. The number of rotatable bonds is 7. The summed E-state index contributed by atoms with van der Waals surface area (Å²) in [4.78, 5) is 16.5. The SMILES string of the molecule is COC(=O)c1cc(OC)ccc1Nc1ccc(Oc2ccc(C3CCCCC3)cc2Cl)nc1. The molecule has 0 spiro atoms. The number of pyridine rings is 1. The van der Waals surface area contributed by atoms with E-state index in [9.17, 15) is 4.79 Å². The first-order valence-corrected chi connectivity index (χ1v) is 11.4. The van der Waals surface area contributed by atoms with Crippen molar-refractivity contribution in [3.8, 4) is 17.4 Å². The highest BCUT2D eigenvalue weighted by molar-refractivity contribution is 6.32. The maximum atomic E-state index is 12.1. The fraction of sp³-hybridized carbons (Fsp3) is 0.308. The Kier molecular flexibility index (Phi) is 7.35. The van der Waals surface area contributed by atoms with Gasteiger partial charge in [-0.1, -0.05) is 36.9 Å². The molecule has 7 heteroatoms. The van der Waals surface area contributed by atoms with Crippen molar-refractivity contribution in [1.29, 1.82) is 0 Å². The lowest BCUT2D eigenvalue weighted by Crippen LogP contribution is -2.06. The number of aromatic nitrogens is 1. The summed E-state index contributed by atoms with van der Waals surface area (Å²) in [6, 6.07) is 14.7. The summed E-state index contributed by atoms with van der Waals surface area (Å²) >= 11 is 6.50. The number of esters is 1. The van der Waals surface area contributed by atoms with Crippen LogP contribution in [0.4, 0.5) is 11.4 Å². The number of nitrogens with zero attached hydrogens (tertiary/aromatic N) is 1. The lowest BCUT2D eigenvalue weighted by molar-refractivity contribution is 0.0601. The number of ether oxygens (including phenoxy) is 3. The number of carbonyl (C=O) groups excluding carboxylic acids is 1. The predicted molar refractivity (Wildman–Crippen MR) is 129 cm³/mol. The third kappa shape index (κ3) is 5.57. The molecular formula is C26H27ClN2O4. The van der Waals surface area contributed by atoms with E-state index in [0.717, 1.165) is 0 Å². The van der Waals surface area contributed by atoms with Gasteiger partial charge >= 0.3 is 5.97 Å². The van der Waals surface area contributed by atoms with E-state index < -0.39 is 5.97 Å². The summed E-state index contributed by atoms with van der Waals surface area (Å²) in [5.74, 6) is 1.69. The van der Waals surface area contributed by atoms with Gasteiger partial charge in [-0.25, -0.2) is 9.78 Å². The Morgan fingerprint density at radius 1 is 1.03 bits per heavy atom. The van der Waals surface area contributed by atoms with E-state index in [1.54, 1.807) is 37.6 Å². The smallest absolute Gasteiger partial charge is 0.340 e. The molecule has 1 heterocycles. The van der Waals surface area contributed by atoms with Crippen molar-refractivity contribution in [2.75, 3.05) is 19.5 Å². The van der Waals surface area contributed by atoms with Gasteiger partial charge in [0.05, 0.1) is 42.4 Å². The quantitative estimate of drug-likeness (QED) is 0.374. The Morgan fingerprint density at radius 3 is 2.52 bits per heavy atom. The minimum Gasteiger partial charge on any atom is -0.497 e. The first-order chi connectivity index (χ1) is 16.1. The van der Waals surface area contributed by atoms with Crippen molar-refractivity contribution in [1.82, 2.24) is 4.98 Å². The molecule has 0 unspecified atom stereocenters. The Hall–Kier alpha value is -3.25. The number of hydrogen-bond donors (Lipinski definition) is 1. The first-order valence-electron chi connectivity index (χ1n) is 11.0. The Labute approximate surface area is 198 Å². The molecule has 6 nitrogen and oxygen atoms in total. The van der Waals surface area contributed by atoms with Crippen molar-refractivity contribution in [2.45, 2.75) is 38.0 Å². The summed E-state index contributed by atoms with van der Waals surface area (Å²) in [5, 5.41) is 3.77. The number of methoxy groups -OCH3 is 2. The van der Waals surface area contributed by atoms with Gasteiger partial charge in [0.2, 0.25) is 5.88 Å². The third-order valence-corrected chi connectivity index (χ3v) is 6.19. The maximum Gasteiger partial charge on any atom is 0.340 e. The van der Waals surface area contributed by atoms with E-state index >= 15 is 0 Å². The van der Waals surface area contributed by atoms with E-state index in [1.165, 1.54) is 44.8 Å². The molecular weight excluding hydrogens is 440 g/mol. The second-order valence-corrected chi connectivity index (χ2v) is 8.45. The summed E-state index contributed by atoms with van der Waals surface area (Å²) in [6.07, 6.45) is 7.96.